The zero-order chi connectivity index (χ0) is 15.2. The highest BCUT2D eigenvalue weighted by molar-refractivity contribution is 5.62. The van der Waals surface area contributed by atoms with Crippen LogP contribution in [0.4, 0.5) is 5.69 Å². The molecule has 0 bridgehead atoms. The maximum Gasteiger partial charge on any atom is 0.203 e. The molecule has 0 atom stereocenters. The summed E-state index contributed by atoms with van der Waals surface area (Å²) in [6, 6.07) is 10.7. The fourth-order valence-electron chi connectivity index (χ4n) is 2.00. The third-order valence-corrected chi connectivity index (χ3v) is 3.10. The molecular weight excluding hydrogens is 270 g/mol. The van der Waals surface area contributed by atoms with Crippen molar-refractivity contribution in [1.82, 2.24) is 0 Å². The van der Waals surface area contributed by atoms with Crippen LogP contribution in [0.1, 0.15) is 5.56 Å². The summed E-state index contributed by atoms with van der Waals surface area (Å²) in [6.07, 6.45) is 0. The number of aromatic hydroxyl groups is 1. The van der Waals surface area contributed by atoms with E-state index >= 15 is 0 Å². The van der Waals surface area contributed by atoms with E-state index in [4.69, 9.17) is 14.2 Å². The van der Waals surface area contributed by atoms with Crippen molar-refractivity contribution in [3.63, 3.8) is 0 Å². The van der Waals surface area contributed by atoms with Crippen LogP contribution in [0.5, 0.6) is 23.0 Å². The van der Waals surface area contributed by atoms with Crippen molar-refractivity contribution >= 4 is 5.69 Å². The van der Waals surface area contributed by atoms with Crippen LogP contribution < -0.4 is 19.5 Å². The van der Waals surface area contributed by atoms with Gasteiger partial charge in [-0.2, -0.15) is 0 Å². The molecular formula is C16H19NO4. The molecule has 0 radical (unpaired) electrons. The smallest absolute Gasteiger partial charge is 0.203 e. The van der Waals surface area contributed by atoms with E-state index in [1.165, 1.54) is 0 Å². The van der Waals surface area contributed by atoms with E-state index in [2.05, 4.69) is 5.32 Å². The Labute approximate surface area is 124 Å². The van der Waals surface area contributed by atoms with Crippen LogP contribution in [0.2, 0.25) is 0 Å². The van der Waals surface area contributed by atoms with Crippen LogP contribution >= 0.6 is 0 Å². The van der Waals surface area contributed by atoms with Crippen molar-refractivity contribution in [3.8, 4) is 23.0 Å². The maximum absolute atomic E-state index is 9.27. The van der Waals surface area contributed by atoms with Crippen LogP contribution in [0.25, 0.3) is 0 Å². The number of ether oxygens (including phenoxy) is 3. The first-order chi connectivity index (χ1) is 10.2. The number of phenols is 1. The van der Waals surface area contributed by atoms with Crippen LogP contribution in [0.3, 0.4) is 0 Å². The Balaban J connectivity index is 2.18. The maximum atomic E-state index is 9.27. The highest BCUT2D eigenvalue weighted by Gasteiger charge is 2.12. The van der Waals surface area contributed by atoms with Crippen molar-refractivity contribution in [2.24, 2.45) is 0 Å². The van der Waals surface area contributed by atoms with Crippen molar-refractivity contribution < 1.29 is 19.3 Å². The number of phenolic OH excluding ortho intramolecular Hbond substituents is 1. The van der Waals surface area contributed by atoms with Gasteiger partial charge in [0.05, 0.1) is 21.3 Å². The van der Waals surface area contributed by atoms with Gasteiger partial charge < -0.3 is 24.6 Å². The number of hydrogen-bond donors (Lipinski definition) is 2. The Morgan fingerprint density at radius 1 is 0.905 bits per heavy atom. The molecule has 21 heavy (non-hydrogen) atoms. The first kappa shape index (κ1) is 14.8. The van der Waals surface area contributed by atoms with E-state index in [9.17, 15) is 5.11 Å². The molecule has 2 N–H and O–H groups in total. The fraction of sp³-hybridized carbons (Fsp3) is 0.250. The summed E-state index contributed by atoms with van der Waals surface area (Å²) in [7, 11) is 4.74. The van der Waals surface area contributed by atoms with Gasteiger partial charge in [0.25, 0.3) is 0 Å². The highest BCUT2D eigenvalue weighted by atomic mass is 16.5. The van der Waals surface area contributed by atoms with Crippen molar-refractivity contribution in [3.05, 3.63) is 42.0 Å². The van der Waals surface area contributed by atoms with Gasteiger partial charge in [-0.15, -0.1) is 0 Å². The molecule has 0 aliphatic carbocycles. The van der Waals surface area contributed by atoms with Crippen molar-refractivity contribution in [1.29, 1.82) is 0 Å². The lowest BCUT2D eigenvalue weighted by Crippen LogP contribution is -2.01. The lowest BCUT2D eigenvalue weighted by atomic mass is 10.2. The Kier molecular flexibility index (Phi) is 4.77. The number of hydrogen-bond acceptors (Lipinski definition) is 5. The first-order valence-corrected chi connectivity index (χ1v) is 6.49. The molecule has 2 rings (SSSR count). The van der Waals surface area contributed by atoms with Crippen molar-refractivity contribution in [2.75, 3.05) is 26.6 Å². The molecule has 0 heterocycles. The molecule has 0 unspecified atom stereocenters. The van der Waals surface area contributed by atoms with Crippen LogP contribution in [0.15, 0.2) is 36.4 Å². The summed E-state index contributed by atoms with van der Waals surface area (Å²) >= 11 is 0. The molecule has 5 heteroatoms. The second-order valence-corrected chi connectivity index (χ2v) is 4.43. The summed E-state index contributed by atoms with van der Waals surface area (Å²) in [5.41, 5.74) is 1.92. The molecule has 2 aromatic carbocycles. The Morgan fingerprint density at radius 3 is 1.95 bits per heavy atom. The summed E-state index contributed by atoms with van der Waals surface area (Å²) in [5.74, 6) is 2.02. The van der Waals surface area contributed by atoms with Gasteiger partial charge in [0.2, 0.25) is 5.75 Å². The average molecular weight is 289 g/mol. The Bertz CT molecular complexity index is 571. The first-order valence-electron chi connectivity index (χ1n) is 6.49. The fourth-order valence-corrected chi connectivity index (χ4v) is 2.00. The van der Waals surface area contributed by atoms with E-state index in [0.29, 0.717) is 23.8 Å². The van der Waals surface area contributed by atoms with Gasteiger partial charge in [0, 0.05) is 24.4 Å². The second-order valence-electron chi connectivity index (χ2n) is 4.43. The molecule has 0 spiro atoms. The molecule has 0 saturated heterocycles. The zero-order valence-corrected chi connectivity index (χ0v) is 12.3. The third-order valence-electron chi connectivity index (χ3n) is 3.10. The van der Waals surface area contributed by atoms with Gasteiger partial charge in [-0.1, -0.05) is 12.1 Å². The van der Waals surface area contributed by atoms with E-state index in [0.717, 1.165) is 11.3 Å². The van der Waals surface area contributed by atoms with E-state index in [-0.39, 0.29) is 5.75 Å². The SMILES string of the molecule is COc1cc(NCc2ccc(O)cc2)cc(OC)c1OC. The molecule has 0 aliphatic rings. The number of anilines is 1. The molecule has 112 valence electrons. The highest BCUT2D eigenvalue weighted by Crippen LogP contribution is 2.39. The van der Waals surface area contributed by atoms with Crippen LogP contribution in [0, 0.1) is 0 Å². The second kappa shape index (κ2) is 6.74. The van der Waals surface area contributed by atoms with E-state index in [1.807, 2.05) is 24.3 Å². The number of benzene rings is 2. The van der Waals surface area contributed by atoms with Gasteiger partial charge in [-0.05, 0) is 17.7 Å². The summed E-state index contributed by atoms with van der Waals surface area (Å²) in [4.78, 5) is 0. The van der Waals surface area contributed by atoms with Crippen LogP contribution in [-0.2, 0) is 6.54 Å². The molecule has 0 amide bonds. The van der Waals surface area contributed by atoms with E-state index in [1.54, 1.807) is 33.5 Å². The monoisotopic (exact) mass is 289 g/mol. The molecule has 0 aliphatic heterocycles. The van der Waals surface area contributed by atoms with E-state index < -0.39 is 0 Å². The minimum Gasteiger partial charge on any atom is -0.508 e. The summed E-state index contributed by atoms with van der Waals surface area (Å²) < 4.78 is 15.9. The number of rotatable bonds is 6. The number of methoxy groups -OCH3 is 3. The molecule has 0 fully saturated rings. The Hall–Kier alpha value is -2.56. The predicted molar refractivity (Wildman–Crippen MR) is 81.5 cm³/mol. The summed E-state index contributed by atoms with van der Waals surface area (Å²) in [5, 5.41) is 12.6. The van der Waals surface area contributed by atoms with Crippen molar-refractivity contribution in [2.45, 2.75) is 6.54 Å². The predicted octanol–water partition coefficient (Wildman–Crippen LogP) is 3.03. The van der Waals surface area contributed by atoms with Gasteiger partial charge in [-0.3, -0.25) is 0 Å². The largest absolute Gasteiger partial charge is 0.508 e. The zero-order valence-electron chi connectivity index (χ0n) is 12.3. The molecule has 2 aromatic rings. The number of nitrogens with one attached hydrogen (secondary N) is 1. The summed E-state index contributed by atoms with van der Waals surface area (Å²) in [6.45, 7) is 0.624. The van der Waals surface area contributed by atoms with Gasteiger partial charge in [0.1, 0.15) is 5.75 Å². The normalized spacial score (nSPS) is 10.0. The molecule has 0 saturated carbocycles. The van der Waals surface area contributed by atoms with Crippen LogP contribution in [-0.4, -0.2) is 26.4 Å². The molecule has 0 aromatic heterocycles. The standard InChI is InChI=1S/C16H19NO4/c1-19-14-8-12(9-15(20-2)16(14)21-3)17-10-11-4-6-13(18)7-5-11/h4-9,17-18H,10H2,1-3H3. The molecule has 5 nitrogen and oxygen atoms in total. The van der Waals surface area contributed by atoms with Gasteiger partial charge in [0.15, 0.2) is 11.5 Å². The lowest BCUT2D eigenvalue weighted by molar-refractivity contribution is 0.324. The van der Waals surface area contributed by atoms with Gasteiger partial charge in [-0.25, -0.2) is 0 Å². The quantitative estimate of drug-likeness (QED) is 0.856. The minimum absolute atomic E-state index is 0.256. The minimum atomic E-state index is 0.256. The average Bonchev–Trinajstić information content (AvgIpc) is 2.53. The Morgan fingerprint density at radius 2 is 1.48 bits per heavy atom. The topological polar surface area (TPSA) is 60.0 Å². The van der Waals surface area contributed by atoms with Gasteiger partial charge >= 0.3 is 0 Å². The lowest BCUT2D eigenvalue weighted by Gasteiger charge is -2.15. The third kappa shape index (κ3) is 3.51.